The molecule has 3 aromatic carbocycles. The molecule has 0 bridgehead atoms. The largest absolute Gasteiger partial charge is 0.351 e. The third-order valence-electron chi connectivity index (χ3n) is 8.34. The summed E-state index contributed by atoms with van der Waals surface area (Å²) in [4.78, 5) is 44.0. The van der Waals surface area contributed by atoms with E-state index in [-0.39, 0.29) is 29.8 Å². The summed E-state index contributed by atoms with van der Waals surface area (Å²) in [5, 5.41) is 3.23. The van der Waals surface area contributed by atoms with Gasteiger partial charge in [0, 0.05) is 22.8 Å². The molecule has 4 amide bonds. The fourth-order valence-corrected chi connectivity index (χ4v) is 6.37. The summed E-state index contributed by atoms with van der Waals surface area (Å²) < 4.78 is 0. The van der Waals surface area contributed by atoms with Crippen LogP contribution in [0.4, 0.5) is 16.2 Å². The highest BCUT2D eigenvalue weighted by Gasteiger charge is 2.41. The first-order chi connectivity index (χ1) is 19.3. The van der Waals surface area contributed by atoms with Crippen molar-refractivity contribution >= 4 is 29.2 Å². The van der Waals surface area contributed by atoms with Crippen LogP contribution in [-0.2, 0) is 9.59 Å². The molecule has 208 valence electrons. The minimum Gasteiger partial charge on any atom is -0.351 e. The minimum absolute atomic E-state index is 0.135. The van der Waals surface area contributed by atoms with Crippen LogP contribution >= 0.6 is 0 Å². The Bertz CT molecular complexity index is 1380. The van der Waals surface area contributed by atoms with E-state index in [0.717, 1.165) is 42.4 Å². The number of nitrogens with zero attached hydrogens (tertiary/aromatic N) is 2. The van der Waals surface area contributed by atoms with Crippen molar-refractivity contribution in [1.29, 1.82) is 0 Å². The molecule has 0 spiro atoms. The Labute approximate surface area is 236 Å². The van der Waals surface area contributed by atoms with Crippen LogP contribution in [0.5, 0.6) is 0 Å². The third-order valence-corrected chi connectivity index (χ3v) is 8.34. The lowest BCUT2D eigenvalue weighted by atomic mass is 9.83. The second kappa shape index (κ2) is 11.5. The maximum atomic E-state index is 14.5. The van der Waals surface area contributed by atoms with Crippen molar-refractivity contribution in [2.24, 2.45) is 5.73 Å². The van der Waals surface area contributed by atoms with Crippen LogP contribution < -0.4 is 20.9 Å². The summed E-state index contributed by atoms with van der Waals surface area (Å²) in [6.07, 6.45) is 5.50. The highest BCUT2D eigenvalue weighted by molar-refractivity contribution is 6.08. The van der Waals surface area contributed by atoms with Gasteiger partial charge in [-0.25, -0.2) is 4.79 Å². The summed E-state index contributed by atoms with van der Waals surface area (Å²) in [5.74, 6) is -0.720. The number of urea groups is 1. The zero-order valence-corrected chi connectivity index (χ0v) is 23.3. The summed E-state index contributed by atoms with van der Waals surface area (Å²) >= 11 is 0. The number of aryl methyl sites for hydroxylation is 1. The van der Waals surface area contributed by atoms with Crippen molar-refractivity contribution < 1.29 is 14.4 Å². The molecule has 0 aromatic heterocycles. The van der Waals surface area contributed by atoms with Gasteiger partial charge in [0.1, 0.15) is 12.6 Å². The maximum Gasteiger partial charge on any atom is 0.320 e. The van der Waals surface area contributed by atoms with E-state index < -0.39 is 12.1 Å². The quantitative estimate of drug-likeness (QED) is 0.424. The molecule has 3 N–H and O–H groups in total. The minimum atomic E-state index is -0.907. The SMILES string of the molecule is Cc1cccc(N(C(N)=O)C2CC(c3ccccc3)c3ccccc3N(CC(=O)NC3(C)CCCCC3)C2=O)c1. The molecule has 0 saturated heterocycles. The monoisotopic (exact) mass is 538 g/mol. The fraction of sp³-hybridized carbons (Fsp3) is 0.364. The molecular weight excluding hydrogens is 500 g/mol. The van der Waals surface area contributed by atoms with E-state index in [1.165, 1.54) is 11.3 Å². The summed E-state index contributed by atoms with van der Waals surface area (Å²) in [7, 11) is 0. The van der Waals surface area contributed by atoms with Crippen LogP contribution in [0.15, 0.2) is 78.9 Å². The van der Waals surface area contributed by atoms with Gasteiger partial charge >= 0.3 is 6.03 Å². The normalized spacial score (nSPS) is 20.2. The topological polar surface area (TPSA) is 95.7 Å². The molecule has 5 rings (SSSR count). The Morgan fingerprint density at radius 2 is 1.68 bits per heavy atom. The molecule has 1 fully saturated rings. The number of nitrogens with two attached hydrogens (primary N) is 1. The number of fused-ring (bicyclic) bond motifs is 1. The van der Waals surface area contributed by atoms with E-state index in [1.807, 2.05) is 79.7 Å². The van der Waals surface area contributed by atoms with Crippen molar-refractivity contribution in [3.05, 3.63) is 95.6 Å². The first-order valence-electron chi connectivity index (χ1n) is 14.2. The Morgan fingerprint density at radius 1 is 0.975 bits per heavy atom. The first-order valence-corrected chi connectivity index (χ1v) is 14.2. The average Bonchev–Trinajstić information content (AvgIpc) is 3.04. The number of anilines is 2. The second-order valence-corrected chi connectivity index (χ2v) is 11.4. The summed E-state index contributed by atoms with van der Waals surface area (Å²) in [6, 6.07) is 23.5. The van der Waals surface area contributed by atoms with Gasteiger partial charge in [-0.1, -0.05) is 79.9 Å². The molecule has 7 heteroatoms. The molecule has 1 aliphatic heterocycles. The van der Waals surface area contributed by atoms with E-state index in [2.05, 4.69) is 12.2 Å². The lowest BCUT2D eigenvalue weighted by molar-refractivity contribution is -0.125. The smallest absolute Gasteiger partial charge is 0.320 e. The van der Waals surface area contributed by atoms with Gasteiger partial charge in [-0.2, -0.15) is 0 Å². The maximum absolute atomic E-state index is 14.5. The molecule has 3 aromatic rings. The van der Waals surface area contributed by atoms with Crippen molar-refractivity contribution in [2.75, 3.05) is 16.3 Å². The highest BCUT2D eigenvalue weighted by atomic mass is 16.2. The molecule has 1 saturated carbocycles. The lowest BCUT2D eigenvalue weighted by Crippen LogP contribution is -2.56. The number of benzene rings is 3. The number of carbonyl (C=O) groups excluding carboxylic acids is 3. The van der Waals surface area contributed by atoms with E-state index in [4.69, 9.17) is 5.73 Å². The van der Waals surface area contributed by atoms with Gasteiger partial charge in [-0.15, -0.1) is 0 Å². The van der Waals surface area contributed by atoms with Gasteiger partial charge in [0.2, 0.25) is 5.91 Å². The Balaban J connectivity index is 1.59. The third kappa shape index (κ3) is 5.74. The Kier molecular flexibility index (Phi) is 7.92. The standard InChI is InChI=1S/C33H38N4O3/c1-23-12-11-15-25(20-23)37(32(34)40)29-21-27(24-13-5-3-6-14-24)26-16-7-8-17-28(26)36(31(29)39)22-30(38)35-33(2)18-9-4-10-19-33/h3,5-8,11-17,20,27,29H,4,9-10,18-19,21-22H2,1-2H3,(H2,34,40)(H,35,38). The molecule has 1 heterocycles. The van der Waals surface area contributed by atoms with Crippen LogP contribution in [0.2, 0.25) is 0 Å². The van der Waals surface area contributed by atoms with Crippen molar-refractivity contribution in [3.63, 3.8) is 0 Å². The van der Waals surface area contributed by atoms with Gasteiger partial charge in [0.15, 0.2) is 0 Å². The van der Waals surface area contributed by atoms with Gasteiger partial charge < -0.3 is 16.0 Å². The zero-order valence-electron chi connectivity index (χ0n) is 23.3. The van der Waals surface area contributed by atoms with E-state index in [0.29, 0.717) is 17.8 Å². The molecule has 7 nitrogen and oxygen atoms in total. The molecule has 2 atom stereocenters. The van der Waals surface area contributed by atoms with Crippen molar-refractivity contribution in [1.82, 2.24) is 5.32 Å². The van der Waals surface area contributed by atoms with Gasteiger partial charge in [-0.05, 0) is 68.0 Å². The predicted molar refractivity (Wildman–Crippen MR) is 158 cm³/mol. The predicted octanol–water partition coefficient (Wildman–Crippen LogP) is 5.66. The fourth-order valence-electron chi connectivity index (χ4n) is 6.37. The van der Waals surface area contributed by atoms with Crippen LogP contribution in [0.1, 0.15) is 68.1 Å². The zero-order chi connectivity index (χ0) is 28.3. The molecular formula is C33H38N4O3. The van der Waals surface area contributed by atoms with Gasteiger partial charge in [-0.3, -0.25) is 14.5 Å². The van der Waals surface area contributed by atoms with E-state index in [9.17, 15) is 14.4 Å². The molecule has 40 heavy (non-hydrogen) atoms. The van der Waals surface area contributed by atoms with Crippen LogP contribution in [0, 0.1) is 6.92 Å². The number of carbonyl (C=O) groups is 3. The van der Waals surface area contributed by atoms with E-state index >= 15 is 0 Å². The number of hydrogen-bond donors (Lipinski definition) is 2. The number of rotatable bonds is 6. The van der Waals surface area contributed by atoms with Gasteiger partial charge in [0.25, 0.3) is 5.91 Å². The Morgan fingerprint density at radius 3 is 2.38 bits per heavy atom. The van der Waals surface area contributed by atoms with Crippen LogP contribution in [-0.4, -0.2) is 36.0 Å². The number of para-hydroxylation sites is 1. The number of hydrogen-bond acceptors (Lipinski definition) is 3. The number of amides is 4. The summed E-state index contributed by atoms with van der Waals surface area (Å²) in [6.45, 7) is 3.88. The molecule has 2 unspecified atom stereocenters. The lowest BCUT2D eigenvalue weighted by Gasteiger charge is -2.36. The molecule has 1 aliphatic carbocycles. The van der Waals surface area contributed by atoms with Gasteiger partial charge in [0.05, 0.1) is 0 Å². The van der Waals surface area contributed by atoms with Crippen LogP contribution in [0.3, 0.4) is 0 Å². The second-order valence-electron chi connectivity index (χ2n) is 11.4. The highest BCUT2D eigenvalue weighted by Crippen LogP contribution is 2.41. The molecule has 0 radical (unpaired) electrons. The number of primary amides is 1. The van der Waals surface area contributed by atoms with Crippen molar-refractivity contribution in [3.8, 4) is 0 Å². The first kappa shape index (κ1) is 27.4. The Hall–Kier alpha value is -4.13. The van der Waals surface area contributed by atoms with Crippen LogP contribution in [0.25, 0.3) is 0 Å². The van der Waals surface area contributed by atoms with E-state index in [1.54, 1.807) is 11.0 Å². The molecule has 2 aliphatic rings. The van der Waals surface area contributed by atoms with Crippen molar-refractivity contribution in [2.45, 2.75) is 69.9 Å². The summed E-state index contributed by atoms with van der Waals surface area (Å²) in [5.41, 5.74) is 9.85. The number of nitrogens with one attached hydrogen (secondary N) is 1. The average molecular weight is 539 g/mol.